The van der Waals surface area contributed by atoms with Crippen LogP contribution in [0.2, 0.25) is 0 Å². The van der Waals surface area contributed by atoms with Crippen LogP contribution in [-0.2, 0) is 11.3 Å². The van der Waals surface area contributed by atoms with Crippen LogP contribution in [-0.4, -0.2) is 41.6 Å². The Morgan fingerprint density at radius 1 is 0.840 bits per heavy atom. The smallest absolute Gasteiger partial charge is 0.224 e. The number of anilines is 1. The van der Waals surface area contributed by atoms with Crippen molar-refractivity contribution in [3.05, 3.63) is 66.9 Å². The lowest BCUT2D eigenvalue weighted by Crippen LogP contribution is -2.48. The molecule has 4 rings (SSSR count). The van der Waals surface area contributed by atoms with Crippen LogP contribution in [0.3, 0.4) is 0 Å². The molecule has 3 aromatic rings. The number of carbonyl (C=O) groups is 1. The Bertz CT molecular complexity index is 848. The van der Waals surface area contributed by atoms with Gasteiger partial charge in [-0.2, -0.15) is 0 Å². The molecule has 2 aromatic carbocycles. The molecule has 4 heteroatoms. The Kier molecular flexibility index (Phi) is 4.42. The maximum atomic E-state index is 12.6. The molecule has 2 heterocycles. The van der Waals surface area contributed by atoms with Crippen molar-refractivity contribution in [1.82, 2.24) is 9.47 Å². The fourth-order valence-electron chi connectivity index (χ4n) is 3.56. The van der Waals surface area contributed by atoms with Crippen LogP contribution in [0.4, 0.5) is 5.69 Å². The van der Waals surface area contributed by atoms with Gasteiger partial charge in [0.25, 0.3) is 0 Å². The number of benzene rings is 2. The van der Waals surface area contributed by atoms with E-state index in [0.29, 0.717) is 6.42 Å². The minimum atomic E-state index is 0.255. The van der Waals surface area contributed by atoms with Gasteiger partial charge in [-0.1, -0.05) is 36.4 Å². The van der Waals surface area contributed by atoms with Crippen LogP contribution in [0, 0.1) is 0 Å². The van der Waals surface area contributed by atoms with Gasteiger partial charge in [0, 0.05) is 56.5 Å². The first-order valence-corrected chi connectivity index (χ1v) is 8.93. The normalized spacial score (nSPS) is 14.9. The number of nitrogens with zero attached hydrogens (tertiary/aromatic N) is 3. The lowest BCUT2D eigenvalue weighted by atomic mass is 10.2. The zero-order valence-electron chi connectivity index (χ0n) is 14.3. The van der Waals surface area contributed by atoms with Crippen molar-refractivity contribution in [2.24, 2.45) is 0 Å². The van der Waals surface area contributed by atoms with E-state index in [4.69, 9.17) is 0 Å². The Balaban J connectivity index is 1.32. The van der Waals surface area contributed by atoms with Crippen LogP contribution < -0.4 is 4.90 Å². The highest BCUT2D eigenvalue weighted by Crippen LogP contribution is 2.17. The average Bonchev–Trinajstić information content (AvgIpc) is 3.10. The summed E-state index contributed by atoms with van der Waals surface area (Å²) in [4.78, 5) is 16.9. The highest BCUT2D eigenvalue weighted by atomic mass is 16.2. The molecule has 0 aliphatic carbocycles. The Hall–Kier alpha value is -2.75. The zero-order valence-corrected chi connectivity index (χ0v) is 14.3. The molecular formula is C21H23N3O. The lowest BCUT2D eigenvalue weighted by molar-refractivity contribution is -0.131. The predicted octanol–water partition coefficient (Wildman–Crippen LogP) is 3.38. The third-order valence-corrected chi connectivity index (χ3v) is 5.00. The fourth-order valence-corrected chi connectivity index (χ4v) is 3.56. The van der Waals surface area contributed by atoms with E-state index in [-0.39, 0.29) is 5.91 Å². The molecule has 128 valence electrons. The molecule has 0 spiro atoms. The number of hydrogen-bond acceptors (Lipinski definition) is 2. The van der Waals surface area contributed by atoms with E-state index < -0.39 is 0 Å². The number of fused-ring (bicyclic) bond motifs is 1. The van der Waals surface area contributed by atoms with E-state index in [1.807, 2.05) is 23.1 Å². The molecule has 0 N–H and O–H groups in total. The van der Waals surface area contributed by atoms with Gasteiger partial charge in [-0.25, -0.2) is 0 Å². The van der Waals surface area contributed by atoms with Crippen molar-refractivity contribution < 1.29 is 4.79 Å². The number of aryl methyl sites for hydroxylation is 1. The SMILES string of the molecule is O=C(CCn1ccc2ccccc21)N1CCN(c2ccccc2)CC1. The molecule has 0 bridgehead atoms. The molecule has 4 nitrogen and oxygen atoms in total. The summed E-state index contributed by atoms with van der Waals surface area (Å²) in [7, 11) is 0. The zero-order chi connectivity index (χ0) is 17.1. The molecule has 25 heavy (non-hydrogen) atoms. The summed E-state index contributed by atoms with van der Waals surface area (Å²) in [5, 5.41) is 1.23. The molecule has 0 saturated carbocycles. The van der Waals surface area contributed by atoms with E-state index in [1.54, 1.807) is 0 Å². The first-order chi connectivity index (χ1) is 12.3. The van der Waals surface area contributed by atoms with Crippen molar-refractivity contribution in [3.63, 3.8) is 0 Å². The summed E-state index contributed by atoms with van der Waals surface area (Å²) < 4.78 is 2.17. The average molecular weight is 333 g/mol. The van der Waals surface area contributed by atoms with E-state index in [9.17, 15) is 4.79 Å². The number of rotatable bonds is 4. The Morgan fingerprint density at radius 2 is 1.56 bits per heavy atom. The molecule has 1 saturated heterocycles. The summed E-state index contributed by atoms with van der Waals surface area (Å²) in [6.07, 6.45) is 2.63. The Morgan fingerprint density at radius 3 is 2.36 bits per heavy atom. The number of piperazine rings is 1. The van der Waals surface area contributed by atoms with Crippen molar-refractivity contribution in [2.75, 3.05) is 31.1 Å². The predicted molar refractivity (Wildman–Crippen MR) is 102 cm³/mol. The summed E-state index contributed by atoms with van der Waals surface area (Å²) in [6.45, 7) is 4.16. The second kappa shape index (κ2) is 7.01. The summed E-state index contributed by atoms with van der Waals surface area (Å²) in [6, 6.07) is 20.8. The molecule has 1 amide bonds. The largest absolute Gasteiger partial charge is 0.368 e. The van der Waals surface area contributed by atoms with Gasteiger partial charge in [0.1, 0.15) is 0 Å². The standard InChI is InChI=1S/C21H23N3O/c25-21(11-13-23-12-10-18-6-4-5-9-20(18)23)24-16-14-22(15-17-24)19-7-2-1-3-8-19/h1-10,12H,11,13-17H2. The van der Waals surface area contributed by atoms with Gasteiger partial charge in [0.15, 0.2) is 0 Å². The van der Waals surface area contributed by atoms with Gasteiger partial charge >= 0.3 is 0 Å². The molecule has 0 radical (unpaired) electrons. The van der Waals surface area contributed by atoms with Gasteiger partial charge in [-0.3, -0.25) is 4.79 Å². The first-order valence-electron chi connectivity index (χ1n) is 8.93. The van der Waals surface area contributed by atoms with Crippen LogP contribution in [0.5, 0.6) is 0 Å². The second-order valence-electron chi connectivity index (χ2n) is 6.52. The van der Waals surface area contributed by atoms with E-state index in [2.05, 4.69) is 58.1 Å². The van der Waals surface area contributed by atoms with Gasteiger partial charge in [-0.05, 0) is 29.7 Å². The van der Waals surface area contributed by atoms with Crippen molar-refractivity contribution >= 4 is 22.5 Å². The number of amides is 1. The summed E-state index contributed by atoms with van der Waals surface area (Å²) in [5.74, 6) is 0.255. The van der Waals surface area contributed by atoms with E-state index in [0.717, 1.165) is 32.7 Å². The van der Waals surface area contributed by atoms with Crippen LogP contribution in [0.1, 0.15) is 6.42 Å². The minimum Gasteiger partial charge on any atom is -0.368 e. The fraction of sp³-hybridized carbons (Fsp3) is 0.286. The maximum Gasteiger partial charge on any atom is 0.224 e. The van der Waals surface area contributed by atoms with Crippen molar-refractivity contribution in [3.8, 4) is 0 Å². The third kappa shape index (κ3) is 3.38. The van der Waals surface area contributed by atoms with E-state index >= 15 is 0 Å². The molecule has 1 fully saturated rings. The molecule has 0 atom stereocenters. The minimum absolute atomic E-state index is 0.255. The molecular weight excluding hydrogens is 310 g/mol. The van der Waals surface area contributed by atoms with Crippen LogP contribution in [0.25, 0.3) is 10.9 Å². The monoisotopic (exact) mass is 333 g/mol. The van der Waals surface area contributed by atoms with Crippen LogP contribution in [0.15, 0.2) is 66.9 Å². The van der Waals surface area contributed by atoms with Gasteiger partial charge in [0.05, 0.1) is 0 Å². The number of aromatic nitrogens is 1. The summed E-state index contributed by atoms with van der Waals surface area (Å²) >= 11 is 0. The molecule has 1 aliphatic heterocycles. The van der Waals surface area contributed by atoms with Gasteiger partial charge in [0.2, 0.25) is 5.91 Å². The maximum absolute atomic E-state index is 12.6. The van der Waals surface area contributed by atoms with Gasteiger partial charge < -0.3 is 14.4 Å². The highest BCUT2D eigenvalue weighted by molar-refractivity contribution is 5.80. The second-order valence-corrected chi connectivity index (χ2v) is 6.52. The van der Waals surface area contributed by atoms with Crippen molar-refractivity contribution in [2.45, 2.75) is 13.0 Å². The summed E-state index contributed by atoms with van der Waals surface area (Å²) in [5.41, 5.74) is 2.44. The topological polar surface area (TPSA) is 28.5 Å². The Labute approximate surface area is 148 Å². The number of carbonyl (C=O) groups excluding carboxylic acids is 1. The number of hydrogen-bond donors (Lipinski definition) is 0. The lowest BCUT2D eigenvalue weighted by Gasteiger charge is -2.36. The first kappa shape index (κ1) is 15.8. The van der Waals surface area contributed by atoms with Crippen LogP contribution >= 0.6 is 0 Å². The third-order valence-electron chi connectivity index (χ3n) is 5.00. The van der Waals surface area contributed by atoms with E-state index in [1.165, 1.54) is 16.6 Å². The molecule has 1 aromatic heterocycles. The molecule has 1 aliphatic rings. The quantitative estimate of drug-likeness (QED) is 0.732. The number of para-hydroxylation sites is 2. The highest BCUT2D eigenvalue weighted by Gasteiger charge is 2.21. The van der Waals surface area contributed by atoms with Crippen molar-refractivity contribution in [1.29, 1.82) is 0 Å². The van der Waals surface area contributed by atoms with Gasteiger partial charge in [-0.15, -0.1) is 0 Å². The molecule has 0 unspecified atom stereocenters.